The second-order valence-electron chi connectivity index (χ2n) is 4.58. The molecule has 0 fully saturated rings. The van der Waals surface area contributed by atoms with Gasteiger partial charge in [0.2, 0.25) is 0 Å². The zero-order valence-corrected chi connectivity index (χ0v) is 13.3. The smallest absolute Gasteiger partial charge is 0.317 e. The molecule has 0 saturated carbocycles. The fourth-order valence-electron chi connectivity index (χ4n) is 1.78. The van der Waals surface area contributed by atoms with Crippen LogP contribution in [0.2, 0.25) is 10.0 Å². The third-order valence-corrected chi connectivity index (χ3v) is 3.43. The summed E-state index contributed by atoms with van der Waals surface area (Å²) in [4.78, 5) is 23.6. The lowest BCUT2D eigenvalue weighted by Gasteiger charge is -2.14. The van der Waals surface area contributed by atoms with Crippen LogP contribution in [-0.2, 0) is 15.8 Å². The molecule has 126 valence electrons. The first-order valence-corrected chi connectivity index (χ1v) is 7.17. The normalized spacial score (nSPS) is 11.0. The molecule has 2 amide bonds. The average molecular weight is 377 g/mol. The standard InChI is InChI=1S/C15H9Cl2F3N2O2/c16-8-5-6-11(9(7-8)15(18,19)20)21-13(23)14(24)22-12-4-2-1-3-10(12)17/h1-7H,(H,21,23)(H,22,24). The summed E-state index contributed by atoms with van der Waals surface area (Å²) in [7, 11) is 0. The lowest BCUT2D eigenvalue weighted by Crippen LogP contribution is -2.30. The van der Waals surface area contributed by atoms with Gasteiger partial charge < -0.3 is 10.6 Å². The molecule has 9 heteroatoms. The van der Waals surface area contributed by atoms with Gasteiger partial charge in [0, 0.05) is 5.02 Å². The van der Waals surface area contributed by atoms with E-state index in [9.17, 15) is 22.8 Å². The van der Waals surface area contributed by atoms with Gasteiger partial charge in [0.15, 0.2) is 0 Å². The van der Waals surface area contributed by atoms with E-state index in [1.807, 2.05) is 5.32 Å². The number of para-hydroxylation sites is 1. The van der Waals surface area contributed by atoms with Crippen molar-refractivity contribution in [1.29, 1.82) is 0 Å². The van der Waals surface area contributed by atoms with Crippen LogP contribution < -0.4 is 10.6 Å². The highest BCUT2D eigenvalue weighted by Gasteiger charge is 2.34. The lowest BCUT2D eigenvalue weighted by atomic mass is 10.1. The van der Waals surface area contributed by atoms with E-state index < -0.39 is 29.2 Å². The first kappa shape index (κ1) is 18.1. The molecule has 0 aliphatic heterocycles. The van der Waals surface area contributed by atoms with Crippen LogP contribution in [0, 0.1) is 0 Å². The van der Waals surface area contributed by atoms with Gasteiger partial charge in [-0.3, -0.25) is 9.59 Å². The minimum Gasteiger partial charge on any atom is -0.317 e. The average Bonchev–Trinajstić information content (AvgIpc) is 2.50. The summed E-state index contributed by atoms with van der Waals surface area (Å²) in [6, 6.07) is 8.89. The highest BCUT2D eigenvalue weighted by Crippen LogP contribution is 2.36. The molecule has 4 nitrogen and oxygen atoms in total. The molecule has 0 bridgehead atoms. The monoisotopic (exact) mass is 376 g/mol. The SMILES string of the molecule is O=C(Nc1ccccc1Cl)C(=O)Nc1ccc(Cl)cc1C(F)(F)F. The van der Waals surface area contributed by atoms with Gasteiger partial charge in [-0.15, -0.1) is 0 Å². The maximum atomic E-state index is 13.0. The zero-order chi connectivity index (χ0) is 17.9. The summed E-state index contributed by atoms with van der Waals surface area (Å²) >= 11 is 11.4. The number of halogens is 5. The summed E-state index contributed by atoms with van der Waals surface area (Å²) in [6.45, 7) is 0. The highest BCUT2D eigenvalue weighted by molar-refractivity contribution is 6.45. The van der Waals surface area contributed by atoms with Gasteiger partial charge in [0.05, 0.1) is 22.0 Å². The number of rotatable bonds is 2. The van der Waals surface area contributed by atoms with Crippen LogP contribution in [-0.4, -0.2) is 11.8 Å². The Morgan fingerprint density at radius 3 is 2.04 bits per heavy atom. The van der Waals surface area contributed by atoms with Crippen molar-refractivity contribution in [3.05, 3.63) is 58.1 Å². The number of alkyl halides is 3. The van der Waals surface area contributed by atoms with Crippen LogP contribution in [0.3, 0.4) is 0 Å². The van der Waals surface area contributed by atoms with E-state index in [4.69, 9.17) is 23.2 Å². The number of nitrogens with one attached hydrogen (secondary N) is 2. The minimum atomic E-state index is -4.74. The molecule has 24 heavy (non-hydrogen) atoms. The largest absolute Gasteiger partial charge is 0.418 e. The number of anilines is 2. The topological polar surface area (TPSA) is 58.2 Å². The van der Waals surface area contributed by atoms with Crippen molar-refractivity contribution in [3.8, 4) is 0 Å². The van der Waals surface area contributed by atoms with Gasteiger partial charge >= 0.3 is 18.0 Å². The molecule has 0 saturated heterocycles. The third kappa shape index (κ3) is 4.39. The van der Waals surface area contributed by atoms with Crippen molar-refractivity contribution in [2.24, 2.45) is 0 Å². The van der Waals surface area contributed by atoms with E-state index in [0.29, 0.717) is 6.07 Å². The molecule has 0 aliphatic rings. The van der Waals surface area contributed by atoms with Gasteiger partial charge in [0.25, 0.3) is 0 Å². The summed E-state index contributed by atoms with van der Waals surface area (Å²) in [5, 5.41) is 4.15. The van der Waals surface area contributed by atoms with Crippen LogP contribution in [0.15, 0.2) is 42.5 Å². The van der Waals surface area contributed by atoms with E-state index in [1.54, 1.807) is 12.1 Å². The Kier molecular flexibility index (Phi) is 5.36. The Hall–Kier alpha value is -2.25. The molecule has 0 unspecified atom stereocenters. The summed E-state index contributed by atoms with van der Waals surface area (Å²) in [6.07, 6.45) is -4.74. The predicted octanol–water partition coefficient (Wildman–Crippen LogP) is 4.59. The highest BCUT2D eigenvalue weighted by atomic mass is 35.5. The van der Waals surface area contributed by atoms with Crippen molar-refractivity contribution in [2.45, 2.75) is 6.18 Å². The Morgan fingerprint density at radius 1 is 0.875 bits per heavy atom. The van der Waals surface area contributed by atoms with Gasteiger partial charge in [-0.1, -0.05) is 35.3 Å². The molecular formula is C15H9Cl2F3N2O2. The van der Waals surface area contributed by atoms with Crippen LogP contribution in [0.4, 0.5) is 24.5 Å². The number of hydrogen-bond donors (Lipinski definition) is 2. The Labute approximate surface area is 144 Å². The molecule has 2 aromatic carbocycles. The van der Waals surface area contributed by atoms with Crippen LogP contribution in [0.5, 0.6) is 0 Å². The van der Waals surface area contributed by atoms with Crippen LogP contribution in [0.25, 0.3) is 0 Å². The molecule has 2 aromatic rings. The third-order valence-electron chi connectivity index (χ3n) is 2.86. The molecule has 2 N–H and O–H groups in total. The number of carbonyl (C=O) groups is 2. The maximum absolute atomic E-state index is 13.0. The maximum Gasteiger partial charge on any atom is 0.418 e. The van der Waals surface area contributed by atoms with E-state index in [-0.39, 0.29) is 15.7 Å². The molecular weight excluding hydrogens is 368 g/mol. The van der Waals surface area contributed by atoms with Crippen molar-refractivity contribution in [3.63, 3.8) is 0 Å². The summed E-state index contributed by atoms with van der Waals surface area (Å²) in [5.41, 5.74) is -1.58. The van der Waals surface area contributed by atoms with E-state index >= 15 is 0 Å². The Balaban J connectivity index is 2.18. The molecule has 2 rings (SSSR count). The fourth-order valence-corrected chi connectivity index (χ4v) is 2.14. The number of benzene rings is 2. The van der Waals surface area contributed by atoms with E-state index in [2.05, 4.69) is 5.32 Å². The fraction of sp³-hybridized carbons (Fsp3) is 0.0667. The summed E-state index contributed by atoms with van der Waals surface area (Å²) < 4.78 is 38.9. The van der Waals surface area contributed by atoms with Gasteiger partial charge in [0.1, 0.15) is 0 Å². The zero-order valence-electron chi connectivity index (χ0n) is 11.7. The molecule has 0 heterocycles. The molecule has 0 aromatic heterocycles. The van der Waals surface area contributed by atoms with Gasteiger partial charge in [-0.05, 0) is 30.3 Å². The van der Waals surface area contributed by atoms with Crippen molar-refractivity contribution >= 4 is 46.4 Å². The quantitative estimate of drug-likeness (QED) is 0.753. The second kappa shape index (κ2) is 7.11. The van der Waals surface area contributed by atoms with E-state index in [1.165, 1.54) is 18.2 Å². The van der Waals surface area contributed by atoms with Gasteiger partial charge in [-0.2, -0.15) is 13.2 Å². The molecule has 0 radical (unpaired) electrons. The van der Waals surface area contributed by atoms with E-state index in [0.717, 1.165) is 6.07 Å². The summed E-state index contributed by atoms with van der Waals surface area (Å²) in [5.74, 6) is -2.44. The Bertz CT molecular complexity index is 795. The number of hydrogen-bond acceptors (Lipinski definition) is 2. The lowest BCUT2D eigenvalue weighted by molar-refractivity contribution is -0.137. The number of amides is 2. The first-order valence-electron chi connectivity index (χ1n) is 6.42. The van der Waals surface area contributed by atoms with Crippen molar-refractivity contribution in [2.75, 3.05) is 10.6 Å². The second-order valence-corrected chi connectivity index (χ2v) is 5.42. The van der Waals surface area contributed by atoms with Gasteiger partial charge in [-0.25, -0.2) is 0 Å². The predicted molar refractivity (Wildman–Crippen MR) is 85.2 cm³/mol. The molecule has 0 atom stereocenters. The molecule has 0 spiro atoms. The minimum absolute atomic E-state index is 0.152. The van der Waals surface area contributed by atoms with Crippen LogP contribution >= 0.6 is 23.2 Å². The van der Waals surface area contributed by atoms with Crippen molar-refractivity contribution < 1.29 is 22.8 Å². The van der Waals surface area contributed by atoms with Crippen LogP contribution in [0.1, 0.15) is 5.56 Å². The molecule has 0 aliphatic carbocycles. The first-order chi connectivity index (χ1) is 11.2. The van der Waals surface area contributed by atoms with Crippen molar-refractivity contribution in [1.82, 2.24) is 0 Å². The number of carbonyl (C=O) groups excluding carboxylic acids is 2. The Morgan fingerprint density at radius 2 is 1.46 bits per heavy atom.